The summed E-state index contributed by atoms with van der Waals surface area (Å²) in [6, 6.07) is 2.91. The Morgan fingerprint density at radius 2 is 2.23 bits per heavy atom. The van der Waals surface area contributed by atoms with Crippen LogP contribution in [0.4, 0.5) is 0 Å². The van der Waals surface area contributed by atoms with E-state index in [0.29, 0.717) is 5.57 Å². The van der Waals surface area contributed by atoms with Crippen molar-refractivity contribution in [3.8, 4) is 0 Å². The molecule has 1 fully saturated rings. The van der Waals surface area contributed by atoms with Crippen LogP contribution in [-0.4, -0.2) is 70.3 Å². The van der Waals surface area contributed by atoms with Crippen LogP contribution in [-0.2, 0) is 30.3 Å². The van der Waals surface area contributed by atoms with Gasteiger partial charge in [-0.05, 0) is 18.4 Å². The molecule has 2 aliphatic rings. The molecule has 0 aliphatic carbocycles. The fourth-order valence-corrected chi connectivity index (χ4v) is 4.98. The third-order valence-corrected chi connectivity index (χ3v) is 6.45. The number of amides is 2. The van der Waals surface area contributed by atoms with E-state index >= 15 is 0 Å². The van der Waals surface area contributed by atoms with Crippen LogP contribution in [0.15, 0.2) is 33.9 Å². The number of hydrogen-bond acceptors (Lipinski definition) is 9. The lowest BCUT2D eigenvalue weighted by atomic mass is 10.0. The highest BCUT2D eigenvalue weighted by molar-refractivity contribution is 8.00. The van der Waals surface area contributed by atoms with Crippen LogP contribution in [0.25, 0.3) is 0 Å². The average molecular weight is 453 g/mol. The first kappa shape index (κ1) is 21.8. The van der Waals surface area contributed by atoms with Gasteiger partial charge in [-0.3, -0.25) is 24.7 Å². The van der Waals surface area contributed by atoms with Gasteiger partial charge in [0.15, 0.2) is 0 Å². The number of rotatable bonds is 9. The van der Waals surface area contributed by atoms with Gasteiger partial charge >= 0.3 is 11.9 Å². The van der Waals surface area contributed by atoms with Crippen LogP contribution in [0.3, 0.4) is 0 Å². The fourth-order valence-electron chi connectivity index (χ4n) is 2.98. The Morgan fingerprint density at radius 1 is 1.43 bits per heavy atom. The van der Waals surface area contributed by atoms with Gasteiger partial charge < -0.3 is 15.2 Å². The van der Waals surface area contributed by atoms with Crippen LogP contribution in [0.1, 0.15) is 11.8 Å². The number of thiophene rings is 1. The molecule has 3 N–H and O–H groups in total. The van der Waals surface area contributed by atoms with Crippen molar-refractivity contribution in [3.05, 3.63) is 33.7 Å². The molecule has 2 aliphatic heterocycles. The van der Waals surface area contributed by atoms with Crippen molar-refractivity contribution >= 4 is 53.1 Å². The summed E-state index contributed by atoms with van der Waals surface area (Å²) >= 11 is 2.79. The van der Waals surface area contributed by atoms with Gasteiger partial charge in [0.1, 0.15) is 23.7 Å². The first-order chi connectivity index (χ1) is 14.4. The number of nitrogens with zero attached hydrogens (tertiary/aromatic N) is 2. The maximum atomic E-state index is 12.6. The minimum absolute atomic E-state index is 0.156. The molecule has 0 spiro atoms. The number of carbonyl (C=O) groups is 4. The average Bonchev–Trinajstić information content (AvgIpc) is 3.21. The Kier molecular flexibility index (Phi) is 7.11. The number of hydrazone groups is 1. The number of carboxylic acid groups (broad SMARTS) is 1. The molecule has 3 rings (SSSR count). The summed E-state index contributed by atoms with van der Waals surface area (Å²) in [4.78, 5) is 49.9. The van der Waals surface area contributed by atoms with Crippen LogP contribution in [0.2, 0.25) is 0 Å². The minimum Gasteiger partial charge on any atom is -0.477 e. The molecule has 1 aromatic heterocycles. The Morgan fingerprint density at radius 3 is 2.90 bits per heavy atom. The molecule has 0 aromatic carbocycles. The summed E-state index contributed by atoms with van der Waals surface area (Å²) in [5, 5.41) is 17.5. The number of carbonyl (C=O) groups excluding carboxylic acids is 3. The number of esters is 1. The van der Waals surface area contributed by atoms with E-state index in [4.69, 9.17) is 4.74 Å². The van der Waals surface area contributed by atoms with Crippen molar-refractivity contribution in [1.82, 2.24) is 15.6 Å². The molecule has 3 heterocycles. The number of aliphatic carboxylic acids is 1. The van der Waals surface area contributed by atoms with Crippen molar-refractivity contribution < 1.29 is 29.0 Å². The first-order valence-corrected chi connectivity index (χ1v) is 11.0. The number of fused-ring (bicyclic) bond motifs is 1. The number of ether oxygens (including phenoxy) is 1. The maximum absolute atomic E-state index is 12.6. The van der Waals surface area contributed by atoms with Gasteiger partial charge in [-0.1, -0.05) is 6.07 Å². The second-order valence-electron chi connectivity index (χ2n) is 6.29. The van der Waals surface area contributed by atoms with Crippen LogP contribution >= 0.6 is 23.1 Å². The third-order valence-electron chi connectivity index (χ3n) is 4.27. The number of β-lactam (4-membered cyclic amide) rings is 1. The molecule has 0 saturated carbocycles. The molecule has 0 radical (unpaired) electrons. The lowest BCUT2D eigenvalue weighted by Crippen LogP contribution is -2.70. The molecule has 1 unspecified atom stereocenters. The molecule has 2 atom stereocenters. The van der Waals surface area contributed by atoms with E-state index in [2.05, 4.69) is 15.8 Å². The monoisotopic (exact) mass is 452 g/mol. The zero-order valence-corrected chi connectivity index (χ0v) is 17.6. The summed E-state index contributed by atoms with van der Waals surface area (Å²) in [7, 11) is 0. The second kappa shape index (κ2) is 9.76. The molecule has 10 nitrogen and oxygen atoms in total. The van der Waals surface area contributed by atoms with Crippen LogP contribution in [0.5, 0.6) is 0 Å². The highest BCUT2D eigenvalue weighted by atomic mass is 32.2. The lowest BCUT2D eigenvalue weighted by molar-refractivity contribution is -0.150. The normalized spacial score (nSPS) is 20.6. The highest BCUT2D eigenvalue weighted by Crippen LogP contribution is 2.39. The van der Waals surface area contributed by atoms with Gasteiger partial charge in [0.05, 0.1) is 19.2 Å². The van der Waals surface area contributed by atoms with Crippen molar-refractivity contribution in [2.45, 2.75) is 24.8 Å². The van der Waals surface area contributed by atoms with E-state index in [-0.39, 0.29) is 36.9 Å². The lowest BCUT2D eigenvalue weighted by Gasteiger charge is -2.49. The smallest absolute Gasteiger partial charge is 0.353 e. The van der Waals surface area contributed by atoms with E-state index in [1.165, 1.54) is 34.2 Å². The molecule has 160 valence electrons. The summed E-state index contributed by atoms with van der Waals surface area (Å²) < 4.78 is 4.75. The van der Waals surface area contributed by atoms with Crippen LogP contribution in [0, 0.1) is 0 Å². The van der Waals surface area contributed by atoms with E-state index in [9.17, 15) is 24.3 Å². The molecule has 1 saturated heterocycles. The summed E-state index contributed by atoms with van der Waals surface area (Å²) in [5.74, 6) is -2.22. The van der Waals surface area contributed by atoms with Crippen molar-refractivity contribution in [2.24, 2.45) is 5.10 Å². The van der Waals surface area contributed by atoms with E-state index in [0.717, 1.165) is 4.88 Å². The topological polar surface area (TPSA) is 137 Å². The summed E-state index contributed by atoms with van der Waals surface area (Å²) in [6.45, 7) is 1.78. The zero-order chi connectivity index (χ0) is 21.7. The van der Waals surface area contributed by atoms with Gasteiger partial charge in [0.2, 0.25) is 5.91 Å². The quantitative estimate of drug-likeness (QED) is 0.209. The van der Waals surface area contributed by atoms with Gasteiger partial charge in [0, 0.05) is 16.2 Å². The molecular formula is C18H20N4O6S2. The van der Waals surface area contributed by atoms with Crippen molar-refractivity contribution in [3.63, 3.8) is 0 Å². The number of nitrogens with one attached hydrogen (secondary N) is 2. The summed E-state index contributed by atoms with van der Waals surface area (Å²) in [5.41, 5.74) is 2.65. The van der Waals surface area contributed by atoms with Crippen LogP contribution < -0.4 is 10.7 Å². The third kappa shape index (κ3) is 4.82. The largest absolute Gasteiger partial charge is 0.477 e. The number of thioether (sulfide) groups is 1. The molecular weight excluding hydrogens is 432 g/mol. The predicted molar refractivity (Wildman–Crippen MR) is 111 cm³/mol. The van der Waals surface area contributed by atoms with Crippen molar-refractivity contribution in [2.75, 3.05) is 18.9 Å². The maximum Gasteiger partial charge on any atom is 0.353 e. The summed E-state index contributed by atoms with van der Waals surface area (Å²) in [6.07, 6.45) is 1.45. The molecule has 12 heteroatoms. The Labute approximate surface area is 180 Å². The zero-order valence-electron chi connectivity index (χ0n) is 16.0. The number of hydrogen-bond donors (Lipinski definition) is 3. The Hall–Kier alpha value is -2.86. The number of carboxylic acids is 1. The van der Waals surface area contributed by atoms with Gasteiger partial charge in [-0.15, -0.1) is 23.1 Å². The SMILES string of the molecule is CCOC(=O)CNN=CC1=C(C(=O)O)N2C(=O)C(NC(=O)Cc3cccs3)[C@@H]2SC1. The molecule has 30 heavy (non-hydrogen) atoms. The van der Waals surface area contributed by atoms with Gasteiger partial charge in [-0.25, -0.2) is 4.79 Å². The Balaban J connectivity index is 1.63. The molecule has 1 aromatic rings. The minimum atomic E-state index is -1.26. The predicted octanol–water partition coefficient (Wildman–Crippen LogP) is 0.168. The highest BCUT2D eigenvalue weighted by Gasteiger charge is 2.54. The fraction of sp³-hybridized carbons (Fsp3) is 0.389. The van der Waals surface area contributed by atoms with E-state index in [1.54, 1.807) is 6.92 Å². The first-order valence-electron chi connectivity index (χ1n) is 9.06. The van der Waals surface area contributed by atoms with Gasteiger partial charge in [-0.2, -0.15) is 5.10 Å². The Bertz CT molecular complexity index is 898. The van der Waals surface area contributed by atoms with Gasteiger partial charge in [0.25, 0.3) is 5.91 Å². The second-order valence-corrected chi connectivity index (χ2v) is 8.43. The van der Waals surface area contributed by atoms with Crippen molar-refractivity contribution in [1.29, 1.82) is 0 Å². The van der Waals surface area contributed by atoms with E-state index < -0.39 is 29.3 Å². The molecule has 2 amide bonds. The molecule has 0 bridgehead atoms. The van der Waals surface area contributed by atoms with E-state index in [1.807, 2.05) is 17.5 Å². The standard InChI is InChI=1S/C18H20N4O6S2/c1-2-28-13(24)8-20-19-7-10-9-30-17-14(16(25)22(17)15(10)18(26)27)21-12(23)6-11-4-3-5-29-11/h3-5,7,14,17,20H,2,6,8-9H2,1H3,(H,21,23)(H,26,27)/t14?,17-/m0/s1.